The fraction of sp³-hybridized carbons (Fsp3) is 0.917. The van der Waals surface area contributed by atoms with E-state index < -0.39 is 24.7 Å². The molecule has 19 heavy (non-hydrogen) atoms. The highest BCUT2D eigenvalue weighted by molar-refractivity contribution is 7.99. The third-order valence-electron chi connectivity index (χ3n) is 2.37. The summed E-state index contributed by atoms with van der Waals surface area (Å²) in [6.45, 7) is 5.11. The normalized spacial score (nSPS) is 14.3. The summed E-state index contributed by atoms with van der Waals surface area (Å²) in [5, 5.41) is 1.79. The molecule has 0 aliphatic carbocycles. The van der Waals surface area contributed by atoms with Crippen LogP contribution in [-0.4, -0.2) is 36.2 Å². The first-order chi connectivity index (χ1) is 8.51. The van der Waals surface area contributed by atoms with Crippen LogP contribution in [0.4, 0.5) is 13.2 Å². The number of carbonyl (C=O) groups is 1. The first-order valence-corrected chi connectivity index (χ1v) is 7.34. The quantitative estimate of drug-likeness (QED) is 0.711. The number of hydrogen-bond acceptors (Lipinski definition) is 3. The summed E-state index contributed by atoms with van der Waals surface area (Å²) in [7, 11) is 0. The molecule has 0 radical (unpaired) electrons. The van der Waals surface area contributed by atoms with Gasteiger partial charge in [-0.3, -0.25) is 4.79 Å². The van der Waals surface area contributed by atoms with E-state index in [0.717, 1.165) is 12.2 Å². The fourth-order valence-corrected chi connectivity index (χ4v) is 2.52. The summed E-state index contributed by atoms with van der Waals surface area (Å²) >= 11 is 1.67. The van der Waals surface area contributed by atoms with Crippen LogP contribution >= 0.6 is 11.8 Å². The van der Waals surface area contributed by atoms with E-state index in [0.29, 0.717) is 12.2 Å². The second-order valence-corrected chi connectivity index (χ2v) is 6.88. The van der Waals surface area contributed by atoms with Crippen molar-refractivity contribution in [2.45, 2.75) is 45.8 Å². The Balaban J connectivity index is 3.69. The molecule has 3 N–H and O–H groups in total. The maximum Gasteiger partial charge on any atom is 0.405 e. The van der Waals surface area contributed by atoms with E-state index in [4.69, 9.17) is 5.73 Å². The maximum atomic E-state index is 11.9. The van der Waals surface area contributed by atoms with Gasteiger partial charge in [0.05, 0.1) is 6.04 Å². The predicted octanol–water partition coefficient (Wildman–Crippen LogP) is 2.55. The average Bonchev–Trinajstić information content (AvgIpc) is 2.22. The van der Waals surface area contributed by atoms with Gasteiger partial charge in [0.1, 0.15) is 6.54 Å². The van der Waals surface area contributed by atoms with Crippen molar-refractivity contribution in [2.75, 3.05) is 18.1 Å². The molecule has 0 aliphatic heterocycles. The van der Waals surface area contributed by atoms with Gasteiger partial charge < -0.3 is 11.1 Å². The minimum absolute atomic E-state index is 0.263. The Bertz CT molecular complexity index is 277. The predicted molar refractivity (Wildman–Crippen MR) is 73.1 cm³/mol. The van der Waals surface area contributed by atoms with Gasteiger partial charge in [0.25, 0.3) is 0 Å². The lowest BCUT2D eigenvalue weighted by Crippen LogP contribution is -2.44. The van der Waals surface area contributed by atoms with Gasteiger partial charge in [-0.2, -0.15) is 24.9 Å². The number of alkyl halides is 3. The van der Waals surface area contributed by atoms with Crippen LogP contribution in [0.2, 0.25) is 0 Å². The van der Waals surface area contributed by atoms with Crippen molar-refractivity contribution in [3.8, 4) is 0 Å². The lowest BCUT2D eigenvalue weighted by atomic mass is 9.94. The van der Waals surface area contributed by atoms with Gasteiger partial charge in [-0.15, -0.1) is 0 Å². The molecule has 0 spiro atoms. The molecule has 0 aromatic heterocycles. The van der Waals surface area contributed by atoms with Crippen LogP contribution in [0.5, 0.6) is 0 Å². The van der Waals surface area contributed by atoms with Gasteiger partial charge in [0.15, 0.2) is 0 Å². The number of rotatable bonds is 7. The Kier molecular flexibility index (Phi) is 7.81. The summed E-state index contributed by atoms with van der Waals surface area (Å²) < 4.78 is 35.7. The Labute approximate surface area is 116 Å². The largest absolute Gasteiger partial charge is 0.405 e. The summed E-state index contributed by atoms with van der Waals surface area (Å²) in [5.41, 5.74) is 5.78. The first-order valence-electron chi connectivity index (χ1n) is 6.19. The highest BCUT2D eigenvalue weighted by Crippen LogP contribution is 2.21. The van der Waals surface area contributed by atoms with E-state index in [2.05, 4.69) is 20.8 Å². The molecule has 114 valence electrons. The van der Waals surface area contributed by atoms with Crippen LogP contribution in [-0.2, 0) is 4.79 Å². The summed E-state index contributed by atoms with van der Waals surface area (Å²) in [5.74, 6) is 0.894. The van der Waals surface area contributed by atoms with Gasteiger partial charge >= 0.3 is 6.18 Å². The number of amides is 1. The van der Waals surface area contributed by atoms with Crippen LogP contribution < -0.4 is 11.1 Å². The van der Waals surface area contributed by atoms with E-state index in [1.807, 2.05) is 0 Å². The molecular formula is C12H23F3N2OS. The third kappa shape index (κ3) is 12.4. The topological polar surface area (TPSA) is 55.1 Å². The lowest BCUT2D eigenvalue weighted by molar-refractivity contribution is -0.139. The van der Waals surface area contributed by atoms with Gasteiger partial charge in [-0.1, -0.05) is 20.8 Å². The van der Waals surface area contributed by atoms with Gasteiger partial charge in [0.2, 0.25) is 5.91 Å². The molecule has 0 saturated heterocycles. The molecule has 0 aromatic rings. The van der Waals surface area contributed by atoms with Crippen LogP contribution in [0.25, 0.3) is 0 Å². The molecule has 0 rings (SSSR count). The van der Waals surface area contributed by atoms with Crippen molar-refractivity contribution >= 4 is 17.7 Å². The van der Waals surface area contributed by atoms with Gasteiger partial charge in [0, 0.05) is 0 Å². The maximum absolute atomic E-state index is 11.9. The van der Waals surface area contributed by atoms with E-state index in [1.54, 1.807) is 17.1 Å². The zero-order valence-corrected chi connectivity index (χ0v) is 12.5. The van der Waals surface area contributed by atoms with Crippen LogP contribution in [0.3, 0.4) is 0 Å². The SMILES string of the molecule is CC(C)(C)CCSCCC(N)C(=O)NCC(F)(F)F. The van der Waals surface area contributed by atoms with Gasteiger partial charge in [-0.05, 0) is 29.8 Å². The minimum atomic E-state index is -4.39. The minimum Gasteiger partial charge on any atom is -0.346 e. The second-order valence-electron chi connectivity index (χ2n) is 5.65. The Morgan fingerprint density at radius 3 is 2.32 bits per heavy atom. The number of thioether (sulfide) groups is 1. The van der Waals surface area contributed by atoms with Crippen molar-refractivity contribution in [1.82, 2.24) is 5.32 Å². The average molecular weight is 300 g/mol. The van der Waals surface area contributed by atoms with E-state index >= 15 is 0 Å². The lowest BCUT2D eigenvalue weighted by Gasteiger charge is -2.17. The molecule has 1 amide bonds. The Hall–Kier alpha value is -0.430. The van der Waals surface area contributed by atoms with Crippen LogP contribution in [0.1, 0.15) is 33.6 Å². The van der Waals surface area contributed by atoms with Crippen LogP contribution in [0.15, 0.2) is 0 Å². The molecule has 1 atom stereocenters. The molecule has 0 fully saturated rings. The van der Waals surface area contributed by atoms with E-state index in [1.165, 1.54) is 0 Å². The number of halogens is 3. The molecule has 0 aliphatic rings. The first kappa shape index (κ1) is 18.6. The van der Waals surface area contributed by atoms with Crippen molar-refractivity contribution in [3.05, 3.63) is 0 Å². The fourth-order valence-electron chi connectivity index (χ4n) is 1.14. The molecule has 0 aromatic carbocycles. The number of carbonyl (C=O) groups excluding carboxylic acids is 1. The molecular weight excluding hydrogens is 277 g/mol. The highest BCUT2D eigenvalue weighted by Gasteiger charge is 2.28. The molecule has 1 unspecified atom stereocenters. The highest BCUT2D eigenvalue weighted by atomic mass is 32.2. The summed E-state index contributed by atoms with van der Waals surface area (Å²) in [6.07, 6.45) is -2.96. The van der Waals surface area contributed by atoms with E-state index in [9.17, 15) is 18.0 Å². The Morgan fingerprint density at radius 2 is 1.84 bits per heavy atom. The Morgan fingerprint density at radius 1 is 1.26 bits per heavy atom. The number of hydrogen-bond donors (Lipinski definition) is 2. The van der Waals surface area contributed by atoms with Gasteiger partial charge in [-0.25, -0.2) is 0 Å². The summed E-state index contributed by atoms with van der Waals surface area (Å²) in [4.78, 5) is 11.3. The summed E-state index contributed by atoms with van der Waals surface area (Å²) in [6, 6.07) is -0.871. The standard InChI is InChI=1S/C12H23F3N2OS/c1-11(2,3)5-7-19-6-4-9(16)10(18)17-8-12(13,14)15/h9H,4-8,16H2,1-3H3,(H,17,18). The molecule has 0 heterocycles. The molecule has 0 bridgehead atoms. The molecule has 0 saturated carbocycles. The third-order valence-corrected chi connectivity index (χ3v) is 3.39. The zero-order chi connectivity index (χ0) is 15.1. The number of nitrogens with one attached hydrogen (secondary N) is 1. The zero-order valence-electron chi connectivity index (χ0n) is 11.6. The molecule has 7 heteroatoms. The van der Waals surface area contributed by atoms with Crippen molar-refractivity contribution in [3.63, 3.8) is 0 Å². The van der Waals surface area contributed by atoms with Crippen LogP contribution in [0, 0.1) is 5.41 Å². The smallest absolute Gasteiger partial charge is 0.346 e. The van der Waals surface area contributed by atoms with E-state index in [-0.39, 0.29) is 5.41 Å². The number of nitrogens with two attached hydrogens (primary N) is 1. The van der Waals surface area contributed by atoms with Crippen molar-refractivity contribution < 1.29 is 18.0 Å². The molecule has 3 nitrogen and oxygen atoms in total. The monoisotopic (exact) mass is 300 g/mol. The van der Waals surface area contributed by atoms with Crippen molar-refractivity contribution in [2.24, 2.45) is 11.1 Å². The second kappa shape index (κ2) is 7.99. The van der Waals surface area contributed by atoms with Crippen molar-refractivity contribution in [1.29, 1.82) is 0 Å².